The van der Waals surface area contributed by atoms with Gasteiger partial charge in [0.05, 0.1) is 0 Å². The number of hydrogen-bond donors (Lipinski definition) is 2. The number of aromatic hydroxyl groups is 1. The zero-order valence-electron chi connectivity index (χ0n) is 10.9. The molecular formula is C15H25NO. The average molecular weight is 235 g/mol. The van der Waals surface area contributed by atoms with Gasteiger partial charge in [-0.3, -0.25) is 0 Å². The maximum Gasteiger partial charge on any atom is 0.115 e. The molecule has 1 saturated carbocycles. The van der Waals surface area contributed by atoms with Crippen LogP contribution in [0.4, 0.5) is 0 Å². The summed E-state index contributed by atoms with van der Waals surface area (Å²) in [5.74, 6) is 1.32. The monoisotopic (exact) mass is 235 g/mol. The minimum atomic E-state index is 0.322. The van der Waals surface area contributed by atoms with Gasteiger partial charge in [0.2, 0.25) is 0 Å². The van der Waals surface area contributed by atoms with Gasteiger partial charge in [-0.25, -0.2) is 0 Å². The third-order valence-corrected chi connectivity index (χ3v) is 3.16. The first-order chi connectivity index (χ1) is 8.33. The van der Waals surface area contributed by atoms with E-state index in [1.54, 1.807) is 24.3 Å². The van der Waals surface area contributed by atoms with Gasteiger partial charge < -0.3 is 10.4 Å². The van der Waals surface area contributed by atoms with Gasteiger partial charge in [0.15, 0.2) is 0 Å². The Kier molecular flexibility index (Phi) is 7.48. The third kappa shape index (κ3) is 7.01. The fourth-order valence-electron chi connectivity index (χ4n) is 2.17. The van der Waals surface area contributed by atoms with E-state index < -0.39 is 0 Å². The van der Waals surface area contributed by atoms with E-state index in [0.717, 1.165) is 12.5 Å². The van der Waals surface area contributed by atoms with Crippen molar-refractivity contribution in [3.63, 3.8) is 0 Å². The van der Waals surface area contributed by atoms with Crippen LogP contribution in [0.2, 0.25) is 0 Å². The van der Waals surface area contributed by atoms with Gasteiger partial charge in [-0.15, -0.1) is 0 Å². The predicted octanol–water partition coefficient (Wildman–Crippen LogP) is 3.57. The molecule has 1 aromatic carbocycles. The molecule has 2 rings (SSSR count). The third-order valence-electron chi connectivity index (χ3n) is 3.16. The zero-order chi connectivity index (χ0) is 12.3. The van der Waals surface area contributed by atoms with Crippen LogP contribution in [-0.4, -0.2) is 18.2 Å². The first-order valence-corrected chi connectivity index (χ1v) is 6.77. The maximum absolute atomic E-state index is 8.63. The van der Waals surface area contributed by atoms with E-state index in [9.17, 15) is 0 Å². The summed E-state index contributed by atoms with van der Waals surface area (Å²) in [6, 6.07) is 8.71. The number of para-hydroxylation sites is 1. The fraction of sp³-hybridized carbons (Fsp3) is 0.600. The van der Waals surface area contributed by atoms with Crippen molar-refractivity contribution >= 4 is 0 Å². The number of nitrogens with one attached hydrogen (secondary N) is 1. The number of phenols is 1. The van der Waals surface area contributed by atoms with Crippen molar-refractivity contribution < 1.29 is 5.11 Å². The van der Waals surface area contributed by atoms with Crippen molar-refractivity contribution in [3.05, 3.63) is 30.3 Å². The molecule has 96 valence electrons. The normalized spacial score (nSPS) is 16.1. The van der Waals surface area contributed by atoms with Crippen LogP contribution in [0.1, 0.15) is 39.0 Å². The SMILES string of the molecule is CCNCC1CCCCC1.Oc1ccccc1. The Morgan fingerprint density at radius 3 is 2.24 bits per heavy atom. The zero-order valence-corrected chi connectivity index (χ0v) is 10.9. The minimum Gasteiger partial charge on any atom is -0.508 e. The van der Waals surface area contributed by atoms with Crippen LogP contribution < -0.4 is 5.32 Å². The molecule has 0 atom stereocenters. The van der Waals surface area contributed by atoms with E-state index in [0.29, 0.717) is 5.75 Å². The Labute approximate surface area is 105 Å². The van der Waals surface area contributed by atoms with Crippen LogP contribution >= 0.6 is 0 Å². The summed E-state index contributed by atoms with van der Waals surface area (Å²) in [4.78, 5) is 0. The molecule has 1 fully saturated rings. The molecule has 0 unspecified atom stereocenters. The molecule has 0 spiro atoms. The van der Waals surface area contributed by atoms with Gasteiger partial charge in [0.1, 0.15) is 5.75 Å². The molecule has 1 aliphatic carbocycles. The van der Waals surface area contributed by atoms with Crippen LogP contribution in [0, 0.1) is 5.92 Å². The number of rotatable bonds is 3. The van der Waals surface area contributed by atoms with Crippen molar-refractivity contribution in [2.45, 2.75) is 39.0 Å². The molecule has 0 radical (unpaired) electrons. The highest BCUT2D eigenvalue weighted by Gasteiger charge is 2.11. The molecule has 0 aromatic heterocycles. The van der Waals surface area contributed by atoms with Gasteiger partial charge in [-0.2, -0.15) is 0 Å². The highest BCUT2D eigenvalue weighted by atomic mass is 16.3. The summed E-state index contributed by atoms with van der Waals surface area (Å²) >= 11 is 0. The lowest BCUT2D eigenvalue weighted by Gasteiger charge is -2.21. The smallest absolute Gasteiger partial charge is 0.115 e. The van der Waals surface area contributed by atoms with Crippen LogP contribution in [-0.2, 0) is 0 Å². The first kappa shape index (κ1) is 14.0. The van der Waals surface area contributed by atoms with E-state index >= 15 is 0 Å². The molecular weight excluding hydrogens is 210 g/mol. The van der Waals surface area contributed by atoms with Crippen molar-refractivity contribution in [3.8, 4) is 5.75 Å². The summed E-state index contributed by atoms with van der Waals surface area (Å²) in [6.07, 6.45) is 7.34. The largest absolute Gasteiger partial charge is 0.508 e. The van der Waals surface area contributed by atoms with Crippen molar-refractivity contribution in [2.24, 2.45) is 5.92 Å². The minimum absolute atomic E-state index is 0.322. The Balaban J connectivity index is 0.000000181. The van der Waals surface area contributed by atoms with Crippen molar-refractivity contribution in [1.82, 2.24) is 5.32 Å². The summed E-state index contributed by atoms with van der Waals surface area (Å²) in [6.45, 7) is 4.58. The molecule has 2 nitrogen and oxygen atoms in total. The van der Waals surface area contributed by atoms with Gasteiger partial charge in [0, 0.05) is 0 Å². The molecule has 0 heterocycles. The van der Waals surface area contributed by atoms with Crippen molar-refractivity contribution in [1.29, 1.82) is 0 Å². The highest BCUT2D eigenvalue weighted by Crippen LogP contribution is 2.22. The van der Waals surface area contributed by atoms with Crippen LogP contribution in [0.5, 0.6) is 5.75 Å². The second kappa shape index (κ2) is 9.06. The molecule has 0 bridgehead atoms. The summed E-state index contributed by atoms with van der Waals surface area (Å²) in [5.41, 5.74) is 0. The molecule has 0 saturated heterocycles. The Hall–Kier alpha value is -1.02. The Bertz CT molecular complexity index is 268. The van der Waals surface area contributed by atoms with E-state index in [1.807, 2.05) is 6.07 Å². The number of hydrogen-bond acceptors (Lipinski definition) is 2. The standard InChI is InChI=1S/C9H19N.C6H6O/c1-2-10-8-9-6-4-3-5-7-9;7-6-4-2-1-3-5-6/h9-10H,2-8H2,1H3;1-5,7H. The molecule has 17 heavy (non-hydrogen) atoms. The molecule has 0 amide bonds. The van der Waals surface area contributed by atoms with E-state index in [2.05, 4.69) is 12.2 Å². The number of benzene rings is 1. The molecule has 1 aromatic rings. The summed E-state index contributed by atoms with van der Waals surface area (Å²) in [5, 5.41) is 12.1. The lowest BCUT2D eigenvalue weighted by Crippen LogP contribution is -2.23. The predicted molar refractivity (Wildman–Crippen MR) is 73.2 cm³/mol. The molecule has 0 aliphatic heterocycles. The number of phenolic OH excluding ortho intramolecular Hbond substituents is 1. The molecule has 2 heteroatoms. The van der Waals surface area contributed by atoms with E-state index in [1.165, 1.54) is 38.6 Å². The first-order valence-electron chi connectivity index (χ1n) is 6.77. The fourth-order valence-corrected chi connectivity index (χ4v) is 2.17. The van der Waals surface area contributed by atoms with Crippen molar-refractivity contribution in [2.75, 3.05) is 13.1 Å². The average Bonchev–Trinajstić information content (AvgIpc) is 2.39. The second-order valence-electron chi connectivity index (χ2n) is 4.65. The Morgan fingerprint density at radius 2 is 1.76 bits per heavy atom. The van der Waals surface area contributed by atoms with Gasteiger partial charge in [-0.05, 0) is 44.0 Å². The van der Waals surface area contributed by atoms with E-state index in [-0.39, 0.29) is 0 Å². The van der Waals surface area contributed by atoms with Gasteiger partial charge in [-0.1, -0.05) is 44.4 Å². The lowest BCUT2D eigenvalue weighted by molar-refractivity contribution is 0.345. The van der Waals surface area contributed by atoms with Crippen LogP contribution in [0.15, 0.2) is 30.3 Å². The lowest BCUT2D eigenvalue weighted by atomic mass is 9.89. The van der Waals surface area contributed by atoms with Crippen LogP contribution in [0.25, 0.3) is 0 Å². The maximum atomic E-state index is 8.63. The Morgan fingerprint density at radius 1 is 1.12 bits per heavy atom. The topological polar surface area (TPSA) is 32.3 Å². The quantitative estimate of drug-likeness (QED) is 0.839. The molecule has 2 N–H and O–H groups in total. The van der Waals surface area contributed by atoms with Crippen LogP contribution in [0.3, 0.4) is 0 Å². The summed E-state index contributed by atoms with van der Waals surface area (Å²) < 4.78 is 0. The van der Waals surface area contributed by atoms with E-state index in [4.69, 9.17) is 5.11 Å². The molecule has 1 aliphatic rings. The summed E-state index contributed by atoms with van der Waals surface area (Å²) in [7, 11) is 0. The highest BCUT2D eigenvalue weighted by molar-refractivity contribution is 5.18. The second-order valence-corrected chi connectivity index (χ2v) is 4.65. The van der Waals surface area contributed by atoms with Gasteiger partial charge >= 0.3 is 0 Å². The van der Waals surface area contributed by atoms with Gasteiger partial charge in [0.25, 0.3) is 0 Å².